The fraction of sp³-hybridized carbons (Fsp3) is 0.625. The Bertz CT molecular complexity index is 513. The van der Waals surface area contributed by atoms with E-state index in [1.165, 1.54) is 6.42 Å². The summed E-state index contributed by atoms with van der Waals surface area (Å²) in [5.74, 6) is 0.529. The molecule has 0 aliphatic heterocycles. The maximum Gasteiger partial charge on any atom is 0.339 e. The lowest BCUT2D eigenvalue weighted by molar-refractivity contribution is 0.0696. The second kappa shape index (κ2) is 5.81. The lowest BCUT2D eigenvalue weighted by Crippen LogP contribution is -2.31. The molecule has 0 spiro atoms. The summed E-state index contributed by atoms with van der Waals surface area (Å²) >= 11 is 0. The quantitative estimate of drug-likeness (QED) is 0.885. The molecule has 3 unspecified atom stereocenters. The zero-order chi connectivity index (χ0) is 14.9. The van der Waals surface area contributed by atoms with Crippen LogP contribution in [0.25, 0.3) is 0 Å². The van der Waals surface area contributed by atoms with Crippen LogP contribution in [0.2, 0.25) is 0 Å². The summed E-state index contributed by atoms with van der Waals surface area (Å²) < 4.78 is 0. The van der Waals surface area contributed by atoms with Gasteiger partial charge >= 0.3 is 5.97 Å². The van der Waals surface area contributed by atoms with Crippen molar-refractivity contribution in [2.75, 3.05) is 5.32 Å². The average molecular weight is 276 g/mol. The van der Waals surface area contributed by atoms with Gasteiger partial charge in [0.1, 0.15) is 5.56 Å². The van der Waals surface area contributed by atoms with Gasteiger partial charge in [-0.3, -0.25) is 4.98 Å². The summed E-state index contributed by atoms with van der Waals surface area (Å²) in [5, 5.41) is 12.8. The van der Waals surface area contributed by atoms with Crippen LogP contribution in [0.3, 0.4) is 0 Å². The normalized spacial score (nSPS) is 26.3. The van der Waals surface area contributed by atoms with Gasteiger partial charge in [-0.15, -0.1) is 0 Å². The van der Waals surface area contributed by atoms with E-state index in [9.17, 15) is 9.90 Å². The third-order valence-corrected chi connectivity index (χ3v) is 4.50. The van der Waals surface area contributed by atoms with Crippen LogP contribution in [-0.4, -0.2) is 22.1 Å². The monoisotopic (exact) mass is 276 g/mol. The van der Waals surface area contributed by atoms with Gasteiger partial charge in [0.05, 0.1) is 11.4 Å². The molecule has 1 heterocycles. The molecule has 0 bridgehead atoms. The lowest BCUT2D eigenvalue weighted by Gasteiger charge is -2.33. The summed E-state index contributed by atoms with van der Waals surface area (Å²) in [6, 6.07) is 2.21. The second-order valence-electron chi connectivity index (χ2n) is 6.19. The molecule has 4 heteroatoms. The number of carboxylic acids is 1. The van der Waals surface area contributed by atoms with Crippen LogP contribution < -0.4 is 5.32 Å². The maximum atomic E-state index is 11.4. The third kappa shape index (κ3) is 3.11. The molecule has 0 saturated heterocycles. The Labute approximate surface area is 120 Å². The molecule has 110 valence electrons. The fourth-order valence-corrected chi connectivity index (χ4v) is 3.11. The topological polar surface area (TPSA) is 62.2 Å². The van der Waals surface area contributed by atoms with E-state index in [4.69, 9.17) is 0 Å². The number of hydrogen-bond donors (Lipinski definition) is 2. The highest BCUT2D eigenvalue weighted by Gasteiger charge is 2.26. The van der Waals surface area contributed by atoms with Gasteiger partial charge in [0, 0.05) is 11.7 Å². The highest BCUT2D eigenvalue weighted by atomic mass is 16.4. The largest absolute Gasteiger partial charge is 0.478 e. The first-order valence-corrected chi connectivity index (χ1v) is 7.36. The number of aromatic nitrogens is 1. The number of hydrogen-bond acceptors (Lipinski definition) is 3. The van der Waals surface area contributed by atoms with E-state index in [1.54, 1.807) is 6.92 Å². The lowest BCUT2D eigenvalue weighted by atomic mass is 9.79. The van der Waals surface area contributed by atoms with E-state index in [1.807, 2.05) is 13.0 Å². The van der Waals surface area contributed by atoms with Gasteiger partial charge in [-0.1, -0.05) is 13.8 Å². The first-order valence-electron chi connectivity index (χ1n) is 7.36. The Hall–Kier alpha value is -1.58. The van der Waals surface area contributed by atoms with Crippen LogP contribution >= 0.6 is 0 Å². The number of carboxylic acid groups (broad SMARTS) is 1. The van der Waals surface area contributed by atoms with E-state index in [0.717, 1.165) is 24.5 Å². The van der Waals surface area contributed by atoms with Gasteiger partial charge in [0.25, 0.3) is 0 Å². The van der Waals surface area contributed by atoms with Crippen molar-refractivity contribution in [1.82, 2.24) is 4.98 Å². The van der Waals surface area contributed by atoms with E-state index < -0.39 is 5.97 Å². The molecular formula is C16H24N2O2. The predicted molar refractivity (Wildman–Crippen MR) is 80.3 cm³/mol. The van der Waals surface area contributed by atoms with E-state index >= 15 is 0 Å². The molecular weight excluding hydrogens is 252 g/mol. The molecule has 1 aliphatic rings. The van der Waals surface area contributed by atoms with Gasteiger partial charge in [0.15, 0.2) is 0 Å². The number of rotatable bonds is 3. The van der Waals surface area contributed by atoms with Crippen molar-refractivity contribution in [3.63, 3.8) is 0 Å². The molecule has 2 rings (SSSR count). The number of aryl methyl sites for hydroxylation is 2. The Morgan fingerprint density at radius 2 is 2.00 bits per heavy atom. The number of carbonyl (C=O) groups is 1. The highest BCUT2D eigenvalue weighted by molar-refractivity contribution is 5.95. The zero-order valence-corrected chi connectivity index (χ0v) is 12.7. The van der Waals surface area contributed by atoms with Crippen LogP contribution in [0, 0.1) is 25.7 Å². The van der Waals surface area contributed by atoms with Crippen LogP contribution in [0.15, 0.2) is 6.07 Å². The molecule has 0 amide bonds. The number of pyridine rings is 1. The Balaban J connectivity index is 2.23. The predicted octanol–water partition coefficient (Wildman–Crippen LogP) is 3.63. The summed E-state index contributed by atoms with van der Waals surface area (Å²) in [6.07, 6.45) is 3.40. The molecule has 0 radical (unpaired) electrons. The molecule has 1 aliphatic carbocycles. The van der Waals surface area contributed by atoms with Crippen molar-refractivity contribution in [1.29, 1.82) is 0 Å². The van der Waals surface area contributed by atoms with Crippen molar-refractivity contribution in [3.05, 3.63) is 23.0 Å². The Kier molecular flexibility index (Phi) is 4.31. The van der Waals surface area contributed by atoms with E-state index in [0.29, 0.717) is 28.9 Å². The molecule has 3 atom stereocenters. The zero-order valence-electron chi connectivity index (χ0n) is 12.7. The van der Waals surface area contributed by atoms with Gasteiger partial charge in [0.2, 0.25) is 0 Å². The first-order chi connectivity index (χ1) is 9.38. The van der Waals surface area contributed by atoms with Crippen molar-refractivity contribution >= 4 is 11.7 Å². The van der Waals surface area contributed by atoms with E-state index in [2.05, 4.69) is 24.1 Å². The molecule has 4 nitrogen and oxygen atoms in total. The fourth-order valence-electron chi connectivity index (χ4n) is 3.11. The minimum absolute atomic E-state index is 0.307. The number of nitrogens with one attached hydrogen (secondary N) is 1. The number of anilines is 1. The smallest absolute Gasteiger partial charge is 0.339 e. The maximum absolute atomic E-state index is 11.4. The number of aromatic carboxylic acids is 1. The van der Waals surface area contributed by atoms with Crippen LogP contribution in [-0.2, 0) is 0 Å². The SMILES string of the molecule is Cc1cc(NC2CCC(C)C(C)C2)c(C(=O)O)c(C)n1. The van der Waals surface area contributed by atoms with Gasteiger partial charge in [-0.2, -0.15) is 0 Å². The molecule has 0 aromatic carbocycles. The molecule has 1 saturated carbocycles. The molecule has 20 heavy (non-hydrogen) atoms. The van der Waals surface area contributed by atoms with Gasteiger partial charge in [-0.05, 0) is 51.0 Å². The summed E-state index contributed by atoms with van der Waals surface area (Å²) in [7, 11) is 0. The molecule has 1 aromatic heterocycles. The van der Waals surface area contributed by atoms with Gasteiger partial charge < -0.3 is 10.4 Å². The molecule has 1 fully saturated rings. The molecule has 2 N–H and O–H groups in total. The summed E-state index contributed by atoms with van der Waals surface area (Å²) in [5.41, 5.74) is 2.46. The summed E-state index contributed by atoms with van der Waals surface area (Å²) in [4.78, 5) is 15.7. The van der Waals surface area contributed by atoms with Crippen molar-refractivity contribution in [3.8, 4) is 0 Å². The van der Waals surface area contributed by atoms with Gasteiger partial charge in [-0.25, -0.2) is 4.79 Å². The van der Waals surface area contributed by atoms with Crippen LogP contribution in [0.4, 0.5) is 5.69 Å². The van der Waals surface area contributed by atoms with Crippen molar-refractivity contribution < 1.29 is 9.90 Å². The summed E-state index contributed by atoms with van der Waals surface area (Å²) in [6.45, 7) is 8.23. The molecule has 1 aromatic rings. The number of nitrogens with zero attached hydrogens (tertiary/aromatic N) is 1. The van der Waals surface area contributed by atoms with Crippen molar-refractivity contribution in [2.45, 2.75) is 53.0 Å². The first kappa shape index (κ1) is 14.8. The minimum Gasteiger partial charge on any atom is -0.478 e. The van der Waals surface area contributed by atoms with E-state index in [-0.39, 0.29) is 0 Å². The standard InChI is InChI=1S/C16H24N2O2/c1-9-5-6-13(7-10(9)2)18-14-8-11(3)17-12(4)15(14)16(19)20/h8-10,13H,5-7H2,1-4H3,(H,17,18)(H,19,20). The van der Waals surface area contributed by atoms with Crippen LogP contribution in [0.1, 0.15) is 54.9 Å². The third-order valence-electron chi connectivity index (χ3n) is 4.50. The Morgan fingerprint density at radius 1 is 1.30 bits per heavy atom. The minimum atomic E-state index is -0.908. The van der Waals surface area contributed by atoms with Crippen LogP contribution in [0.5, 0.6) is 0 Å². The second-order valence-corrected chi connectivity index (χ2v) is 6.19. The van der Waals surface area contributed by atoms with Crippen molar-refractivity contribution in [2.24, 2.45) is 11.8 Å². The highest BCUT2D eigenvalue weighted by Crippen LogP contribution is 2.32. The Morgan fingerprint density at radius 3 is 2.60 bits per heavy atom. The average Bonchev–Trinajstić information content (AvgIpc) is 2.32.